The summed E-state index contributed by atoms with van der Waals surface area (Å²) in [6.07, 6.45) is 0.477. The van der Waals surface area contributed by atoms with E-state index in [0.29, 0.717) is 24.4 Å². The van der Waals surface area contributed by atoms with Crippen LogP contribution in [0.25, 0.3) is 0 Å². The molecule has 0 spiro atoms. The van der Waals surface area contributed by atoms with Crippen LogP contribution in [0.1, 0.15) is 12.0 Å². The van der Waals surface area contributed by atoms with Gasteiger partial charge in [0.25, 0.3) is 0 Å². The molecule has 0 aliphatic rings. The molecule has 2 aromatic rings. The summed E-state index contributed by atoms with van der Waals surface area (Å²) >= 11 is 0. The summed E-state index contributed by atoms with van der Waals surface area (Å²) in [7, 11) is 3.19. The second-order valence-corrected chi connectivity index (χ2v) is 5.40. The Hall–Kier alpha value is -3.02. The summed E-state index contributed by atoms with van der Waals surface area (Å²) in [6, 6.07) is 14.6. The molecule has 132 valence electrons. The monoisotopic (exact) mass is 342 g/mol. The van der Waals surface area contributed by atoms with Crippen molar-refractivity contribution in [3.05, 3.63) is 54.1 Å². The van der Waals surface area contributed by atoms with Crippen LogP contribution in [-0.2, 0) is 16.0 Å². The van der Waals surface area contributed by atoms with Gasteiger partial charge in [-0.15, -0.1) is 0 Å². The third-order valence-electron chi connectivity index (χ3n) is 3.59. The third-order valence-corrected chi connectivity index (χ3v) is 3.59. The number of hydrogen-bond donors (Lipinski definition) is 2. The fourth-order valence-electron chi connectivity index (χ4n) is 2.23. The Morgan fingerprint density at radius 1 is 0.840 bits per heavy atom. The number of hydrogen-bond acceptors (Lipinski definition) is 4. The number of carbonyl (C=O) groups excluding carboxylic acids is 2. The molecule has 6 heteroatoms. The van der Waals surface area contributed by atoms with E-state index in [1.54, 1.807) is 38.5 Å². The van der Waals surface area contributed by atoms with Gasteiger partial charge in [-0.05, 0) is 48.4 Å². The molecule has 0 aliphatic carbocycles. The highest BCUT2D eigenvalue weighted by Crippen LogP contribution is 2.15. The van der Waals surface area contributed by atoms with E-state index in [9.17, 15) is 9.59 Å². The van der Waals surface area contributed by atoms with E-state index in [-0.39, 0.29) is 18.2 Å². The first-order chi connectivity index (χ1) is 12.1. The summed E-state index contributed by atoms with van der Waals surface area (Å²) in [6.45, 7) is 0.473. The van der Waals surface area contributed by atoms with E-state index in [2.05, 4.69) is 10.6 Å². The lowest BCUT2D eigenvalue weighted by Gasteiger charge is -2.08. The molecule has 0 fully saturated rings. The standard InChI is InChI=1S/C19H22N2O4/c1-24-16-7-3-14(4-8-16)11-12-20-18(22)13-19(23)21-15-5-9-17(25-2)10-6-15/h3-10H,11-13H2,1-2H3,(H,20,22)(H,21,23). The maximum atomic E-state index is 11.9. The molecule has 0 aromatic heterocycles. The molecule has 0 saturated heterocycles. The van der Waals surface area contributed by atoms with Crippen molar-refractivity contribution in [1.82, 2.24) is 5.32 Å². The van der Waals surface area contributed by atoms with Crippen LogP contribution < -0.4 is 20.1 Å². The Kier molecular flexibility index (Phi) is 6.83. The zero-order chi connectivity index (χ0) is 18.1. The average Bonchev–Trinajstić information content (AvgIpc) is 2.63. The zero-order valence-corrected chi connectivity index (χ0v) is 14.4. The van der Waals surface area contributed by atoms with E-state index in [4.69, 9.17) is 9.47 Å². The minimum Gasteiger partial charge on any atom is -0.497 e. The largest absolute Gasteiger partial charge is 0.497 e. The van der Waals surface area contributed by atoms with E-state index in [0.717, 1.165) is 11.3 Å². The van der Waals surface area contributed by atoms with Gasteiger partial charge in [0, 0.05) is 12.2 Å². The molecular formula is C19H22N2O4. The van der Waals surface area contributed by atoms with E-state index in [1.807, 2.05) is 24.3 Å². The number of rotatable bonds is 8. The van der Waals surface area contributed by atoms with Gasteiger partial charge in [-0.1, -0.05) is 12.1 Å². The Morgan fingerprint density at radius 3 is 1.96 bits per heavy atom. The maximum Gasteiger partial charge on any atom is 0.233 e. The van der Waals surface area contributed by atoms with Crippen molar-refractivity contribution < 1.29 is 19.1 Å². The minimum atomic E-state index is -0.355. The van der Waals surface area contributed by atoms with Crippen LogP contribution in [-0.4, -0.2) is 32.6 Å². The summed E-state index contributed by atoms with van der Waals surface area (Å²) in [5.41, 5.74) is 1.71. The first-order valence-corrected chi connectivity index (χ1v) is 7.94. The van der Waals surface area contributed by atoms with E-state index < -0.39 is 0 Å². The number of anilines is 1. The summed E-state index contributed by atoms with van der Waals surface area (Å²) in [5.74, 6) is 0.837. The highest BCUT2D eigenvalue weighted by atomic mass is 16.5. The molecule has 0 atom stereocenters. The maximum absolute atomic E-state index is 11.9. The molecule has 0 aliphatic heterocycles. The number of amides is 2. The van der Waals surface area contributed by atoms with Crippen molar-refractivity contribution in [2.75, 3.05) is 26.1 Å². The Morgan fingerprint density at radius 2 is 1.40 bits per heavy atom. The van der Waals surface area contributed by atoms with Crippen molar-refractivity contribution in [2.24, 2.45) is 0 Å². The van der Waals surface area contributed by atoms with Gasteiger partial charge >= 0.3 is 0 Å². The fraction of sp³-hybridized carbons (Fsp3) is 0.263. The predicted molar refractivity (Wildman–Crippen MR) is 95.9 cm³/mol. The van der Waals surface area contributed by atoms with Crippen LogP contribution in [0.15, 0.2) is 48.5 Å². The van der Waals surface area contributed by atoms with Gasteiger partial charge in [0.05, 0.1) is 14.2 Å². The van der Waals surface area contributed by atoms with E-state index in [1.165, 1.54) is 0 Å². The van der Waals surface area contributed by atoms with Crippen molar-refractivity contribution in [1.29, 1.82) is 0 Å². The van der Waals surface area contributed by atoms with Crippen molar-refractivity contribution >= 4 is 17.5 Å². The van der Waals surface area contributed by atoms with Crippen molar-refractivity contribution in [3.63, 3.8) is 0 Å². The lowest BCUT2D eigenvalue weighted by atomic mass is 10.1. The molecule has 2 rings (SSSR count). The molecule has 0 saturated carbocycles. The van der Waals surface area contributed by atoms with Gasteiger partial charge in [-0.3, -0.25) is 9.59 Å². The third kappa shape index (κ3) is 6.18. The van der Waals surface area contributed by atoms with Gasteiger partial charge in [-0.2, -0.15) is 0 Å². The summed E-state index contributed by atoms with van der Waals surface area (Å²) in [4.78, 5) is 23.7. The number of ether oxygens (including phenoxy) is 2. The van der Waals surface area contributed by atoms with Crippen molar-refractivity contribution in [2.45, 2.75) is 12.8 Å². The van der Waals surface area contributed by atoms with Crippen LogP contribution in [0, 0.1) is 0 Å². The lowest BCUT2D eigenvalue weighted by molar-refractivity contribution is -0.126. The molecule has 2 amide bonds. The SMILES string of the molecule is COc1ccc(CCNC(=O)CC(=O)Nc2ccc(OC)cc2)cc1. The van der Waals surface area contributed by atoms with Gasteiger partial charge in [0.1, 0.15) is 17.9 Å². The second-order valence-electron chi connectivity index (χ2n) is 5.40. The molecular weight excluding hydrogens is 320 g/mol. The minimum absolute atomic E-state index is 0.214. The molecule has 2 aromatic carbocycles. The Balaban J connectivity index is 1.70. The predicted octanol–water partition coefficient (Wildman–Crippen LogP) is 2.39. The molecule has 0 radical (unpaired) electrons. The summed E-state index contributed by atoms with van der Waals surface area (Å²) in [5, 5.41) is 5.42. The molecule has 6 nitrogen and oxygen atoms in total. The number of carbonyl (C=O) groups is 2. The fourth-order valence-corrected chi connectivity index (χ4v) is 2.23. The number of nitrogens with one attached hydrogen (secondary N) is 2. The van der Waals surface area contributed by atoms with Gasteiger partial charge in [-0.25, -0.2) is 0 Å². The first kappa shape index (κ1) is 18.3. The smallest absolute Gasteiger partial charge is 0.233 e. The molecule has 0 bridgehead atoms. The quantitative estimate of drug-likeness (QED) is 0.722. The van der Waals surface area contributed by atoms with Crippen LogP contribution >= 0.6 is 0 Å². The first-order valence-electron chi connectivity index (χ1n) is 7.94. The molecule has 0 heterocycles. The van der Waals surface area contributed by atoms with Crippen LogP contribution in [0.3, 0.4) is 0 Å². The van der Waals surface area contributed by atoms with Crippen LogP contribution in [0.5, 0.6) is 11.5 Å². The number of benzene rings is 2. The van der Waals surface area contributed by atoms with Crippen molar-refractivity contribution in [3.8, 4) is 11.5 Å². The normalized spacial score (nSPS) is 10.0. The van der Waals surface area contributed by atoms with Gasteiger partial charge in [0.15, 0.2) is 0 Å². The zero-order valence-electron chi connectivity index (χ0n) is 14.4. The van der Waals surface area contributed by atoms with Crippen LogP contribution in [0.4, 0.5) is 5.69 Å². The highest BCUT2D eigenvalue weighted by molar-refractivity contribution is 6.03. The van der Waals surface area contributed by atoms with Gasteiger partial charge < -0.3 is 20.1 Å². The highest BCUT2D eigenvalue weighted by Gasteiger charge is 2.09. The van der Waals surface area contributed by atoms with Gasteiger partial charge in [0.2, 0.25) is 11.8 Å². The Bertz CT molecular complexity index is 696. The molecule has 0 unspecified atom stereocenters. The average molecular weight is 342 g/mol. The van der Waals surface area contributed by atoms with Crippen LogP contribution in [0.2, 0.25) is 0 Å². The summed E-state index contributed by atoms with van der Waals surface area (Å²) < 4.78 is 10.1. The molecule has 25 heavy (non-hydrogen) atoms. The number of methoxy groups -OCH3 is 2. The topological polar surface area (TPSA) is 76.7 Å². The molecule has 2 N–H and O–H groups in total. The Labute approximate surface area is 147 Å². The second kappa shape index (κ2) is 9.32. The van der Waals surface area contributed by atoms with E-state index >= 15 is 0 Å². The lowest BCUT2D eigenvalue weighted by Crippen LogP contribution is -2.29.